The summed E-state index contributed by atoms with van der Waals surface area (Å²) in [6, 6.07) is 30.4. The van der Waals surface area contributed by atoms with E-state index in [1.54, 1.807) is 0 Å². The molecule has 0 bridgehead atoms. The van der Waals surface area contributed by atoms with E-state index in [-0.39, 0.29) is 0 Å². The second kappa shape index (κ2) is 5.31. The number of hydrogen-bond donors (Lipinski definition) is 0. The molecule has 1 unspecified atom stereocenters. The summed E-state index contributed by atoms with van der Waals surface area (Å²) in [6.07, 6.45) is 0. The largest absolute Gasteiger partial charge is 0.0622 e. The molecule has 0 amide bonds. The lowest BCUT2D eigenvalue weighted by molar-refractivity contribution is 1.07. The summed E-state index contributed by atoms with van der Waals surface area (Å²) >= 11 is 0. The fourth-order valence-corrected chi connectivity index (χ4v) is 3.60. The number of fused-ring (bicyclic) bond motifs is 1. The van der Waals surface area contributed by atoms with Crippen LogP contribution in [0.1, 0.15) is 35.1 Å². The molecule has 1 aliphatic rings. The molecule has 0 saturated heterocycles. The van der Waals surface area contributed by atoms with Crippen molar-refractivity contribution in [1.29, 1.82) is 0 Å². The van der Waals surface area contributed by atoms with Gasteiger partial charge in [-0.25, -0.2) is 0 Å². The minimum Gasteiger partial charge on any atom is -0.0622 e. The minimum absolute atomic E-state index is 0.333. The maximum atomic E-state index is 2.27. The Balaban J connectivity index is 1.97. The molecule has 0 aliphatic heterocycles. The second-order valence-electron chi connectivity index (χ2n) is 5.84. The fourth-order valence-electron chi connectivity index (χ4n) is 3.60. The third-order valence-corrected chi connectivity index (χ3v) is 4.59. The highest BCUT2D eigenvalue weighted by atomic mass is 14.3. The maximum absolute atomic E-state index is 2.27. The first-order valence-electron chi connectivity index (χ1n) is 7.76. The van der Waals surface area contributed by atoms with Gasteiger partial charge in [-0.15, -0.1) is 0 Å². The van der Waals surface area contributed by atoms with Gasteiger partial charge in [0.1, 0.15) is 0 Å². The first-order valence-corrected chi connectivity index (χ1v) is 7.76. The van der Waals surface area contributed by atoms with Crippen LogP contribution in [0.15, 0.2) is 84.9 Å². The number of allylic oxidation sites excluding steroid dienone is 2. The van der Waals surface area contributed by atoms with Crippen LogP contribution in [0.4, 0.5) is 0 Å². The van der Waals surface area contributed by atoms with Crippen LogP contribution >= 0.6 is 0 Å². The Morgan fingerprint density at radius 3 is 1.95 bits per heavy atom. The van der Waals surface area contributed by atoms with E-state index in [9.17, 15) is 0 Å². The molecule has 0 fully saturated rings. The van der Waals surface area contributed by atoms with E-state index in [2.05, 4.69) is 91.9 Å². The molecule has 22 heavy (non-hydrogen) atoms. The average molecular weight is 282 g/mol. The molecule has 0 aromatic heterocycles. The van der Waals surface area contributed by atoms with Crippen LogP contribution in [0, 0.1) is 0 Å². The van der Waals surface area contributed by atoms with Crippen molar-refractivity contribution in [2.24, 2.45) is 0 Å². The third kappa shape index (κ3) is 2.00. The van der Waals surface area contributed by atoms with Crippen LogP contribution < -0.4 is 0 Å². The lowest BCUT2D eigenvalue weighted by atomic mass is 9.85. The highest BCUT2D eigenvalue weighted by Crippen LogP contribution is 2.49. The number of hydrogen-bond acceptors (Lipinski definition) is 0. The zero-order valence-electron chi connectivity index (χ0n) is 12.7. The molecule has 0 heteroatoms. The first kappa shape index (κ1) is 13.1. The summed E-state index contributed by atoms with van der Waals surface area (Å²) in [5.74, 6) is 0.333. The summed E-state index contributed by atoms with van der Waals surface area (Å²) in [5, 5.41) is 0. The van der Waals surface area contributed by atoms with Crippen LogP contribution in [-0.2, 0) is 0 Å². The molecule has 0 spiro atoms. The van der Waals surface area contributed by atoms with Gasteiger partial charge < -0.3 is 0 Å². The van der Waals surface area contributed by atoms with Gasteiger partial charge in [0, 0.05) is 5.92 Å². The van der Waals surface area contributed by atoms with Gasteiger partial charge in [-0.3, -0.25) is 0 Å². The molecule has 3 aromatic rings. The quantitative estimate of drug-likeness (QED) is 0.560. The predicted molar refractivity (Wildman–Crippen MR) is 93.7 cm³/mol. The predicted octanol–water partition coefficient (Wildman–Crippen LogP) is 5.76. The van der Waals surface area contributed by atoms with Crippen molar-refractivity contribution in [3.05, 3.63) is 107 Å². The molecule has 0 saturated carbocycles. The average Bonchev–Trinajstić information content (AvgIpc) is 2.90. The van der Waals surface area contributed by atoms with Gasteiger partial charge in [-0.05, 0) is 40.3 Å². The van der Waals surface area contributed by atoms with Crippen LogP contribution in [-0.4, -0.2) is 0 Å². The molecule has 1 aliphatic carbocycles. The van der Waals surface area contributed by atoms with Gasteiger partial charge in [0.05, 0.1) is 0 Å². The van der Waals surface area contributed by atoms with Gasteiger partial charge >= 0.3 is 0 Å². The van der Waals surface area contributed by atoms with Gasteiger partial charge in [0.25, 0.3) is 0 Å². The zero-order chi connectivity index (χ0) is 14.9. The van der Waals surface area contributed by atoms with Crippen molar-refractivity contribution in [3.8, 4) is 0 Å². The molecular weight excluding hydrogens is 264 g/mol. The molecule has 1 atom stereocenters. The van der Waals surface area contributed by atoms with Crippen molar-refractivity contribution >= 4 is 11.1 Å². The van der Waals surface area contributed by atoms with Crippen LogP contribution in [0.3, 0.4) is 0 Å². The fraction of sp³-hybridized carbons (Fsp3) is 0.0909. The molecule has 3 aromatic carbocycles. The van der Waals surface area contributed by atoms with E-state index >= 15 is 0 Å². The van der Waals surface area contributed by atoms with Crippen LogP contribution in [0.5, 0.6) is 0 Å². The van der Waals surface area contributed by atoms with E-state index in [1.807, 2.05) is 0 Å². The van der Waals surface area contributed by atoms with Crippen molar-refractivity contribution in [2.45, 2.75) is 12.8 Å². The van der Waals surface area contributed by atoms with Gasteiger partial charge in [-0.2, -0.15) is 0 Å². The molecule has 106 valence electrons. The summed E-state index contributed by atoms with van der Waals surface area (Å²) in [4.78, 5) is 0. The van der Waals surface area contributed by atoms with Crippen molar-refractivity contribution in [1.82, 2.24) is 0 Å². The lowest BCUT2D eigenvalue weighted by Gasteiger charge is -2.18. The Morgan fingerprint density at radius 2 is 1.23 bits per heavy atom. The Kier molecular flexibility index (Phi) is 3.16. The van der Waals surface area contributed by atoms with E-state index in [0.717, 1.165) is 0 Å². The van der Waals surface area contributed by atoms with E-state index < -0.39 is 0 Å². The van der Waals surface area contributed by atoms with Crippen LogP contribution in [0.25, 0.3) is 11.1 Å². The Bertz CT molecular complexity index is 826. The monoisotopic (exact) mass is 282 g/mol. The molecule has 4 rings (SSSR count). The van der Waals surface area contributed by atoms with E-state index in [4.69, 9.17) is 0 Å². The molecule has 0 nitrogen and oxygen atoms in total. The van der Waals surface area contributed by atoms with Crippen molar-refractivity contribution in [2.75, 3.05) is 0 Å². The molecule has 0 heterocycles. The summed E-state index contributed by atoms with van der Waals surface area (Å²) in [7, 11) is 0. The first-order chi connectivity index (χ1) is 10.9. The maximum Gasteiger partial charge on any atom is 0.0354 e. The third-order valence-electron chi connectivity index (χ3n) is 4.59. The smallest absolute Gasteiger partial charge is 0.0354 e. The molecular formula is C22H18. The minimum atomic E-state index is 0.333. The SMILES string of the molecule is CC1=C(c2ccccc2)C(c2ccccc2)c2ccccc21. The van der Waals surface area contributed by atoms with E-state index in [0.29, 0.717) is 5.92 Å². The topological polar surface area (TPSA) is 0 Å². The summed E-state index contributed by atoms with van der Waals surface area (Å²) < 4.78 is 0. The van der Waals surface area contributed by atoms with Gasteiger partial charge in [-0.1, -0.05) is 84.9 Å². The Labute approximate surface area is 131 Å². The lowest BCUT2D eigenvalue weighted by Crippen LogP contribution is -2.00. The number of benzene rings is 3. The highest BCUT2D eigenvalue weighted by Gasteiger charge is 2.30. The highest BCUT2D eigenvalue weighted by molar-refractivity contribution is 6.00. The standard InChI is InChI=1S/C22H18/c1-16-19-14-8-9-15-20(19)22(18-12-6-3-7-13-18)21(16)17-10-4-2-5-11-17/h2-15,22H,1H3. The zero-order valence-corrected chi connectivity index (χ0v) is 12.7. The second-order valence-corrected chi connectivity index (χ2v) is 5.84. The molecule has 0 radical (unpaired) electrons. The normalized spacial score (nSPS) is 16.7. The van der Waals surface area contributed by atoms with Crippen molar-refractivity contribution < 1.29 is 0 Å². The number of rotatable bonds is 2. The van der Waals surface area contributed by atoms with Crippen LogP contribution in [0.2, 0.25) is 0 Å². The molecule has 0 N–H and O–H groups in total. The van der Waals surface area contributed by atoms with Gasteiger partial charge in [0.2, 0.25) is 0 Å². The Hall–Kier alpha value is -2.60. The Morgan fingerprint density at radius 1 is 0.636 bits per heavy atom. The summed E-state index contributed by atoms with van der Waals surface area (Å²) in [5.41, 5.74) is 8.33. The summed E-state index contributed by atoms with van der Waals surface area (Å²) in [6.45, 7) is 2.25. The van der Waals surface area contributed by atoms with Crippen molar-refractivity contribution in [3.63, 3.8) is 0 Å². The van der Waals surface area contributed by atoms with Gasteiger partial charge in [0.15, 0.2) is 0 Å². The van der Waals surface area contributed by atoms with E-state index in [1.165, 1.54) is 33.4 Å².